The van der Waals surface area contributed by atoms with Gasteiger partial charge in [-0.1, -0.05) is 0 Å². The van der Waals surface area contributed by atoms with Crippen LogP contribution in [0.2, 0.25) is 0 Å². The van der Waals surface area contributed by atoms with Gasteiger partial charge in [0.15, 0.2) is 0 Å². The third-order valence-corrected chi connectivity index (χ3v) is 3.13. The highest BCUT2D eigenvalue weighted by molar-refractivity contribution is 5.85. The molecule has 1 N–H and O–H groups in total. The molecule has 4 heteroatoms. The molecule has 3 nitrogen and oxygen atoms in total. The maximum absolute atomic E-state index is 10.8. The van der Waals surface area contributed by atoms with Crippen molar-refractivity contribution >= 4 is 18.4 Å². The predicted molar refractivity (Wildman–Crippen MR) is 47.5 cm³/mol. The van der Waals surface area contributed by atoms with E-state index >= 15 is 0 Å². The number of carboxylic acids is 1. The fourth-order valence-electron chi connectivity index (χ4n) is 2.15. The first kappa shape index (κ1) is 9.81. The highest BCUT2D eigenvalue weighted by Crippen LogP contribution is 2.57. The van der Waals surface area contributed by atoms with Crippen molar-refractivity contribution < 1.29 is 9.90 Å². The van der Waals surface area contributed by atoms with E-state index in [0.717, 1.165) is 25.9 Å². The van der Waals surface area contributed by atoms with E-state index < -0.39 is 5.97 Å². The smallest absolute Gasteiger partial charge is 0.310 e. The van der Waals surface area contributed by atoms with Gasteiger partial charge in [-0.3, -0.25) is 4.79 Å². The van der Waals surface area contributed by atoms with Crippen LogP contribution in [0.1, 0.15) is 12.8 Å². The largest absolute Gasteiger partial charge is 0.481 e. The van der Waals surface area contributed by atoms with Crippen LogP contribution < -0.4 is 0 Å². The van der Waals surface area contributed by atoms with Crippen molar-refractivity contribution in [3.05, 3.63) is 0 Å². The van der Waals surface area contributed by atoms with Gasteiger partial charge in [-0.05, 0) is 32.4 Å². The lowest BCUT2D eigenvalue weighted by molar-refractivity contribution is -0.145. The Kier molecular flexibility index (Phi) is 2.36. The van der Waals surface area contributed by atoms with E-state index in [0.29, 0.717) is 5.92 Å². The second kappa shape index (κ2) is 2.89. The number of halogens is 1. The van der Waals surface area contributed by atoms with Gasteiger partial charge < -0.3 is 10.0 Å². The molecular weight excluding hydrogens is 178 g/mol. The highest BCUT2D eigenvalue weighted by atomic mass is 35.5. The van der Waals surface area contributed by atoms with Crippen molar-refractivity contribution in [1.29, 1.82) is 0 Å². The summed E-state index contributed by atoms with van der Waals surface area (Å²) in [7, 11) is 2.06. The third-order valence-electron chi connectivity index (χ3n) is 3.13. The maximum Gasteiger partial charge on any atom is 0.310 e. The zero-order valence-electron chi connectivity index (χ0n) is 7.12. The maximum atomic E-state index is 10.8. The second-order valence-corrected chi connectivity index (χ2v) is 3.87. The average Bonchev–Trinajstić information content (AvgIpc) is 2.62. The number of piperidine rings is 1. The topological polar surface area (TPSA) is 40.5 Å². The third kappa shape index (κ3) is 1.21. The summed E-state index contributed by atoms with van der Waals surface area (Å²) in [5.41, 5.74) is -0.299. The lowest BCUT2D eigenvalue weighted by Crippen LogP contribution is -2.35. The Morgan fingerprint density at radius 2 is 2.33 bits per heavy atom. The molecule has 2 aliphatic rings. The molecule has 0 spiro atoms. The van der Waals surface area contributed by atoms with Crippen molar-refractivity contribution in [2.24, 2.45) is 11.3 Å². The predicted octanol–water partition coefficient (Wildman–Crippen LogP) is 0.835. The van der Waals surface area contributed by atoms with Crippen LogP contribution in [0.5, 0.6) is 0 Å². The first-order valence-corrected chi connectivity index (χ1v) is 4.07. The SMILES string of the molecule is CN1CCC2(C(=O)O)CC2C1.Cl. The lowest BCUT2D eigenvalue weighted by Gasteiger charge is -2.25. The molecule has 2 atom stereocenters. The number of likely N-dealkylation sites (tertiary alicyclic amines) is 1. The van der Waals surface area contributed by atoms with Gasteiger partial charge in [0.1, 0.15) is 0 Å². The number of hydrogen-bond acceptors (Lipinski definition) is 2. The van der Waals surface area contributed by atoms with Gasteiger partial charge in [0.2, 0.25) is 0 Å². The Hall–Kier alpha value is -0.280. The minimum absolute atomic E-state index is 0. The zero-order chi connectivity index (χ0) is 8.06. The molecule has 1 aliphatic carbocycles. The number of nitrogens with zero attached hydrogens (tertiary/aromatic N) is 1. The van der Waals surface area contributed by atoms with Crippen molar-refractivity contribution in [3.8, 4) is 0 Å². The van der Waals surface area contributed by atoms with Crippen LogP contribution in [0.15, 0.2) is 0 Å². The Balaban J connectivity index is 0.000000720. The molecule has 0 bridgehead atoms. The summed E-state index contributed by atoms with van der Waals surface area (Å²) in [5.74, 6) is -0.130. The molecule has 0 aromatic rings. The van der Waals surface area contributed by atoms with Crippen LogP contribution in [-0.4, -0.2) is 36.1 Å². The van der Waals surface area contributed by atoms with E-state index in [1.165, 1.54) is 0 Å². The number of carboxylic acid groups (broad SMARTS) is 1. The van der Waals surface area contributed by atoms with Gasteiger partial charge in [-0.15, -0.1) is 12.4 Å². The van der Waals surface area contributed by atoms with Gasteiger partial charge in [0, 0.05) is 6.54 Å². The molecule has 2 fully saturated rings. The Morgan fingerprint density at radius 3 is 2.83 bits per heavy atom. The van der Waals surface area contributed by atoms with E-state index in [1.807, 2.05) is 0 Å². The van der Waals surface area contributed by atoms with Gasteiger partial charge >= 0.3 is 5.97 Å². The van der Waals surface area contributed by atoms with E-state index in [1.54, 1.807) is 0 Å². The standard InChI is InChI=1S/C8H13NO2.ClH/c1-9-3-2-8(7(10)11)4-6(8)5-9;/h6H,2-5H2,1H3,(H,10,11);1H. The van der Waals surface area contributed by atoms with Crippen molar-refractivity contribution in [1.82, 2.24) is 4.90 Å². The molecule has 0 radical (unpaired) electrons. The summed E-state index contributed by atoms with van der Waals surface area (Å²) in [6.45, 7) is 1.93. The van der Waals surface area contributed by atoms with E-state index in [-0.39, 0.29) is 17.8 Å². The fraction of sp³-hybridized carbons (Fsp3) is 0.875. The summed E-state index contributed by atoms with van der Waals surface area (Å²) in [5, 5.41) is 8.91. The average molecular weight is 192 g/mol. The molecule has 1 heterocycles. The Labute approximate surface area is 78.2 Å². The number of rotatable bonds is 1. The monoisotopic (exact) mass is 191 g/mol. The van der Waals surface area contributed by atoms with Gasteiger partial charge in [0.25, 0.3) is 0 Å². The van der Waals surface area contributed by atoms with E-state index in [2.05, 4.69) is 11.9 Å². The summed E-state index contributed by atoms with van der Waals surface area (Å²) in [6, 6.07) is 0. The Morgan fingerprint density at radius 1 is 1.67 bits per heavy atom. The van der Waals surface area contributed by atoms with Crippen molar-refractivity contribution in [2.75, 3.05) is 20.1 Å². The van der Waals surface area contributed by atoms with Crippen LogP contribution in [0, 0.1) is 11.3 Å². The van der Waals surface area contributed by atoms with Gasteiger partial charge in [0.05, 0.1) is 5.41 Å². The molecule has 70 valence electrons. The minimum atomic E-state index is -0.574. The molecule has 2 rings (SSSR count). The highest BCUT2D eigenvalue weighted by Gasteiger charge is 2.61. The number of hydrogen-bond donors (Lipinski definition) is 1. The summed E-state index contributed by atoms with van der Waals surface area (Å²) >= 11 is 0. The first-order chi connectivity index (χ1) is 5.15. The molecule has 0 aromatic heterocycles. The van der Waals surface area contributed by atoms with Gasteiger partial charge in [-0.2, -0.15) is 0 Å². The minimum Gasteiger partial charge on any atom is -0.481 e. The fourth-order valence-corrected chi connectivity index (χ4v) is 2.15. The molecule has 1 saturated heterocycles. The summed E-state index contributed by atoms with van der Waals surface area (Å²) in [4.78, 5) is 13.0. The van der Waals surface area contributed by atoms with Crippen LogP contribution in [-0.2, 0) is 4.79 Å². The molecule has 0 aromatic carbocycles. The van der Waals surface area contributed by atoms with Crippen molar-refractivity contribution in [2.45, 2.75) is 12.8 Å². The number of carbonyl (C=O) groups is 1. The molecule has 1 aliphatic heterocycles. The number of fused-ring (bicyclic) bond motifs is 1. The lowest BCUT2D eigenvalue weighted by atomic mass is 9.96. The van der Waals surface area contributed by atoms with Gasteiger partial charge in [-0.25, -0.2) is 0 Å². The molecule has 1 saturated carbocycles. The normalized spacial score (nSPS) is 39.6. The molecular formula is C8H14ClNO2. The van der Waals surface area contributed by atoms with Crippen molar-refractivity contribution in [3.63, 3.8) is 0 Å². The van der Waals surface area contributed by atoms with Crippen LogP contribution in [0.4, 0.5) is 0 Å². The quantitative estimate of drug-likeness (QED) is 0.668. The van der Waals surface area contributed by atoms with Crippen LogP contribution in [0.25, 0.3) is 0 Å². The van der Waals surface area contributed by atoms with E-state index in [4.69, 9.17) is 5.11 Å². The summed E-state index contributed by atoms with van der Waals surface area (Å²) in [6.07, 6.45) is 1.76. The van der Waals surface area contributed by atoms with Crippen LogP contribution in [0.3, 0.4) is 0 Å². The zero-order valence-corrected chi connectivity index (χ0v) is 7.93. The van der Waals surface area contributed by atoms with E-state index in [9.17, 15) is 4.79 Å². The molecule has 0 amide bonds. The second-order valence-electron chi connectivity index (χ2n) is 3.87. The molecule has 12 heavy (non-hydrogen) atoms. The first-order valence-electron chi connectivity index (χ1n) is 4.07. The summed E-state index contributed by atoms with van der Waals surface area (Å²) < 4.78 is 0. The Bertz CT molecular complexity index is 209. The van der Waals surface area contributed by atoms with Crippen LogP contribution >= 0.6 is 12.4 Å². The number of aliphatic carboxylic acids is 1. The molecule has 2 unspecified atom stereocenters.